The molecule has 0 radical (unpaired) electrons. The first-order chi connectivity index (χ1) is 18.6. The molecule has 10 heteroatoms. The van der Waals surface area contributed by atoms with E-state index in [1.54, 1.807) is 6.92 Å². The third-order valence-electron chi connectivity index (χ3n) is 6.33. The maximum absolute atomic E-state index is 11.9. The van der Waals surface area contributed by atoms with E-state index < -0.39 is 10.0 Å². The highest BCUT2D eigenvalue weighted by Gasteiger charge is 2.20. The van der Waals surface area contributed by atoms with Crippen LogP contribution in [0, 0.1) is 6.92 Å². The SMILES string of the molecule is CN(C)CCCN1c2ccccc2CCc2ccc(Cl)cc21.Cc1cc(NS(=O)(=O)c2ccc(N)cc2)no1. The normalized spacial score (nSPS) is 12.7. The van der Waals surface area contributed by atoms with Gasteiger partial charge in [-0.3, -0.25) is 4.72 Å². The van der Waals surface area contributed by atoms with Gasteiger partial charge >= 0.3 is 0 Å². The second kappa shape index (κ2) is 12.5. The Hall–Kier alpha value is -3.53. The molecule has 0 saturated heterocycles. The number of nitrogen functional groups attached to an aromatic ring is 1. The van der Waals surface area contributed by atoms with Gasteiger partial charge in [-0.05, 0) is 100 Å². The van der Waals surface area contributed by atoms with Crippen LogP contribution in [0.3, 0.4) is 0 Å². The molecule has 0 fully saturated rings. The molecule has 0 saturated carbocycles. The van der Waals surface area contributed by atoms with E-state index >= 15 is 0 Å². The number of hydrogen-bond acceptors (Lipinski definition) is 7. The van der Waals surface area contributed by atoms with Crippen molar-refractivity contribution in [1.29, 1.82) is 0 Å². The molecule has 1 aliphatic rings. The first kappa shape index (κ1) is 28.5. The van der Waals surface area contributed by atoms with Crippen LogP contribution in [0.15, 0.2) is 82.2 Å². The molecule has 206 valence electrons. The van der Waals surface area contributed by atoms with Gasteiger partial charge in [-0.15, -0.1) is 0 Å². The minimum Gasteiger partial charge on any atom is -0.399 e. The first-order valence-electron chi connectivity index (χ1n) is 12.7. The minimum atomic E-state index is -3.64. The van der Waals surface area contributed by atoms with Crippen LogP contribution in [0.2, 0.25) is 5.02 Å². The van der Waals surface area contributed by atoms with Crippen LogP contribution < -0.4 is 15.4 Å². The first-order valence-corrected chi connectivity index (χ1v) is 14.6. The second-order valence-electron chi connectivity index (χ2n) is 9.71. The van der Waals surface area contributed by atoms with E-state index in [1.165, 1.54) is 52.8 Å². The molecule has 0 unspecified atom stereocenters. The summed E-state index contributed by atoms with van der Waals surface area (Å²) >= 11 is 6.27. The smallest absolute Gasteiger partial charge is 0.263 e. The van der Waals surface area contributed by atoms with Gasteiger partial charge in [0.05, 0.1) is 4.90 Å². The van der Waals surface area contributed by atoms with Crippen molar-refractivity contribution in [2.24, 2.45) is 0 Å². The van der Waals surface area contributed by atoms with E-state index in [0.717, 1.165) is 37.4 Å². The van der Waals surface area contributed by atoms with Gasteiger partial charge in [-0.1, -0.05) is 41.0 Å². The fourth-order valence-corrected chi connectivity index (χ4v) is 5.58. The van der Waals surface area contributed by atoms with Crippen LogP contribution in [-0.4, -0.2) is 45.7 Å². The summed E-state index contributed by atoms with van der Waals surface area (Å²) < 4.78 is 30.8. The summed E-state index contributed by atoms with van der Waals surface area (Å²) in [4.78, 5) is 4.81. The molecular weight excluding hydrogens is 534 g/mol. The van der Waals surface area contributed by atoms with E-state index in [9.17, 15) is 8.42 Å². The summed E-state index contributed by atoms with van der Waals surface area (Å²) in [5.41, 5.74) is 11.4. The fraction of sp³-hybridized carbons (Fsp3) is 0.276. The Kier molecular flexibility index (Phi) is 9.16. The molecular formula is C29H34ClN5O3S. The highest BCUT2D eigenvalue weighted by molar-refractivity contribution is 7.92. The van der Waals surface area contributed by atoms with Gasteiger partial charge in [-0.25, -0.2) is 8.42 Å². The fourth-order valence-electron chi connectivity index (χ4n) is 4.43. The van der Waals surface area contributed by atoms with E-state index in [0.29, 0.717) is 11.4 Å². The largest absolute Gasteiger partial charge is 0.399 e. The van der Waals surface area contributed by atoms with E-state index in [4.69, 9.17) is 21.9 Å². The summed E-state index contributed by atoms with van der Waals surface area (Å²) in [6.45, 7) is 3.78. The number of benzene rings is 3. The molecule has 3 aromatic carbocycles. The van der Waals surface area contributed by atoms with Crippen molar-refractivity contribution in [1.82, 2.24) is 10.1 Å². The van der Waals surface area contributed by atoms with E-state index in [1.807, 2.05) is 6.07 Å². The summed E-state index contributed by atoms with van der Waals surface area (Å²) in [6.07, 6.45) is 3.30. The third-order valence-corrected chi connectivity index (χ3v) is 7.93. The lowest BCUT2D eigenvalue weighted by molar-refractivity contribution is 0.400. The Morgan fingerprint density at radius 2 is 1.69 bits per heavy atom. The molecule has 0 bridgehead atoms. The van der Waals surface area contributed by atoms with Crippen LogP contribution in [0.25, 0.3) is 0 Å². The van der Waals surface area contributed by atoms with E-state index in [2.05, 4.69) is 70.2 Å². The number of anilines is 4. The molecule has 3 N–H and O–H groups in total. The lowest BCUT2D eigenvalue weighted by Crippen LogP contribution is -2.24. The molecule has 8 nitrogen and oxygen atoms in total. The Bertz CT molecular complexity index is 1500. The summed E-state index contributed by atoms with van der Waals surface area (Å²) in [5, 5.41) is 4.37. The van der Waals surface area contributed by atoms with Crippen molar-refractivity contribution < 1.29 is 12.9 Å². The van der Waals surface area contributed by atoms with Gasteiger partial charge in [0.25, 0.3) is 10.0 Å². The number of halogens is 1. The zero-order chi connectivity index (χ0) is 28.0. The monoisotopic (exact) mass is 567 g/mol. The van der Waals surface area contributed by atoms with Crippen molar-refractivity contribution in [3.05, 3.63) is 94.7 Å². The van der Waals surface area contributed by atoms with Crippen LogP contribution in [-0.2, 0) is 22.9 Å². The highest BCUT2D eigenvalue weighted by atomic mass is 35.5. The predicted molar refractivity (Wildman–Crippen MR) is 158 cm³/mol. The molecule has 1 aromatic heterocycles. The number of nitrogens with zero attached hydrogens (tertiary/aromatic N) is 3. The minimum absolute atomic E-state index is 0.118. The molecule has 2 heterocycles. The average molecular weight is 568 g/mol. The molecule has 4 aromatic rings. The molecule has 39 heavy (non-hydrogen) atoms. The molecule has 5 rings (SSSR count). The number of nitrogens with one attached hydrogen (secondary N) is 1. The summed E-state index contributed by atoms with van der Waals surface area (Å²) in [7, 11) is 0.608. The Balaban J connectivity index is 0.000000187. The standard InChI is InChI=1S/C19H23ClN2.C10H11N3O3S/c1-21(2)12-5-13-22-18-7-4-3-6-15(18)8-9-16-10-11-17(20)14-19(16)22;1-7-6-10(12-16-7)13-17(14,15)9-4-2-8(11)3-5-9/h3-4,6-7,10-11,14H,5,8-9,12-13H2,1-2H3;2-6H,11H2,1H3,(H,12,13). The molecule has 0 aliphatic carbocycles. The van der Waals surface area contributed by atoms with Crippen molar-refractivity contribution in [3.63, 3.8) is 0 Å². The van der Waals surface area contributed by atoms with Crippen molar-refractivity contribution in [2.45, 2.75) is 31.1 Å². The van der Waals surface area contributed by atoms with Crippen molar-refractivity contribution >= 4 is 44.5 Å². The number of fused-ring (bicyclic) bond motifs is 2. The zero-order valence-electron chi connectivity index (χ0n) is 22.4. The number of hydrogen-bond donors (Lipinski definition) is 2. The third kappa shape index (κ3) is 7.53. The van der Waals surface area contributed by atoms with Crippen LogP contribution in [0.1, 0.15) is 23.3 Å². The van der Waals surface area contributed by atoms with Crippen LogP contribution >= 0.6 is 11.6 Å². The quantitative estimate of drug-likeness (QED) is 0.268. The number of nitrogens with two attached hydrogens (primary N) is 1. The van der Waals surface area contributed by atoms with Crippen LogP contribution in [0.5, 0.6) is 0 Å². The Morgan fingerprint density at radius 1 is 1.00 bits per heavy atom. The lowest BCUT2D eigenvalue weighted by atomic mass is 10.0. The van der Waals surface area contributed by atoms with Crippen LogP contribution in [0.4, 0.5) is 22.9 Å². The topological polar surface area (TPSA) is 105 Å². The number of para-hydroxylation sites is 1. The van der Waals surface area contributed by atoms with E-state index in [-0.39, 0.29) is 10.7 Å². The lowest BCUT2D eigenvalue weighted by Gasteiger charge is -2.27. The zero-order valence-corrected chi connectivity index (χ0v) is 24.0. The second-order valence-corrected chi connectivity index (χ2v) is 11.8. The van der Waals surface area contributed by atoms with Crippen molar-refractivity contribution in [2.75, 3.05) is 42.5 Å². The van der Waals surface area contributed by atoms with Gasteiger partial charge in [0, 0.05) is 34.7 Å². The van der Waals surface area contributed by atoms with Crippen molar-refractivity contribution in [3.8, 4) is 0 Å². The predicted octanol–water partition coefficient (Wildman–Crippen LogP) is 5.89. The number of sulfonamides is 1. The Morgan fingerprint density at radius 3 is 2.36 bits per heavy atom. The molecule has 0 amide bonds. The summed E-state index contributed by atoms with van der Waals surface area (Å²) in [6, 6.07) is 22.4. The molecule has 1 aliphatic heterocycles. The maximum Gasteiger partial charge on any atom is 0.263 e. The van der Waals surface area contributed by atoms with Gasteiger partial charge in [0.1, 0.15) is 5.76 Å². The van der Waals surface area contributed by atoms with Gasteiger partial charge in [-0.2, -0.15) is 0 Å². The average Bonchev–Trinajstić information content (AvgIpc) is 3.23. The number of rotatable bonds is 7. The summed E-state index contributed by atoms with van der Waals surface area (Å²) in [5.74, 6) is 0.680. The Labute approximate surface area is 235 Å². The highest BCUT2D eigenvalue weighted by Crippen LogP contribution is 2.37. The molecule has 0 atom stereocenters. The number of aromatic nitrogens is 1. The van der Waals surface area contributed by atoms with Gasteiger partial charge in [0.2, 0.25) is 0 Å². The van der Waals surface area contributed by atoms with Gasteiger partial charge < -0.3 is 20.1 Å². The molecule has 0 spiro atoms. The maximum atomic E-state index is 11.9. The number of aryl methyl sites for hydroxylation is 3. The van der Waals surface area contributed by atoms with Gasteiger partial charge in [0.15, 0.2) is 5.82 Å².